The zero-order chi connectivity index (χ0) is 32.0. The molecular formula is C29H24N2O13. The molecule has 0 aromatic heterocycles. The number of carboxylic acids is 2. The number of carbonyl (C=O) groups excluding carboxylic acids is 2. The molecule has 0 saturated heterocycles. The van der Waals surface area contributed by atoms with Crippen LogP contribution in [0.2, 0.25) is 0 Å². The lowest BCUT2D eigenvalue weighted by molar-refractivity contribution is -0.142. The van der Waals surface area contributed by atoms with E-state index in [-0.39, 0.29) is 88.8 Å². The molecule has 0 saturated carbocycles. The number of aliphatic carboxylic acids is 1. The second-order valence-electron chi connectivity index (χ2n) is 9.33. The van der Waals surface area contributed by atoms with E-state index in [4.69, 9.17) is 13.9 Å². The third kappa shape index (κ3) is 6.42. The second kappa shape index (κ2) is 13.3. The van der Waals surface area contributed by atoms with E-state index in [1.165, 1.54) is 41.3 Å². The summed E-state index contributed by atoms with van der Waals surface area (Å²) in [5, 5.41) is 40.0. The highest BCUT2D eigenvalue weighted by Crippen LogP contribution is 2.45. The van der Waals surface area contributed by atoms with Gasteiger partial charge in [-0.15, -0.1) is 0 Å². The maximum Gasteiger partial charge on any atom is 0.408 e. The summed E-state index contributed by atoms with van der Waals surface area (Å²) >= 11 is 0. The van der Waals surface area contributed by atoms with Crippen LogP contribution in [-0.2, 0) is 36.9 Å². The molecule has 0 unspecified atom stereocenters. The molecule has 0 radical (unpaired) electrons. The molecule has 1 heterocycles. The van der Waals surface area contributed by atoms with Crippen LogP contribution < -0.4 is 5.43 Å². The van der Waals surface area contributed by atoms with Crippen molar-refractivity contribution in [2.24, 2.45) is 0 Å². The number of ether oxygens (including phenoxy) is 2. The molecule has 0 atom stereocenters. The number of aromatic carboxylic acids is 1. The number of phenolic OH excluding ortho intramolecular Hbond substituents is 1. The van der Waals surface area contributed by atoms with Gasteiger partial charge in [-0.2, -0.15) is 0 Å². The van der Waals surface area contributed by atoms with Gasteiger partial charge < -0.3 is 34.3 Å². The Bertz CT molecular complexity index is 1770. The van der Waals surface area contributed by atoms with Gasteiger partial charge in [0.15, 0.2) is 5.43 Å². The van der Waals surface area contributed by atoms with Crippen LogP contribution in [0, 0.1) is 0 Å². The standard InChI is InChI=1S/C29H24N2O13/c32-14-42-12-30(13-43-15-33)9-20-22(34)7-5-18-25(16-3-1-2-4-17(16)28(38)39)19-6-8-23(35)21(27(19)44-26(18)20)10-31(29(40)41)11-24(36)37/h1-8,14-15,34H,9-13H2,(H,36,37)(H,38,39)(H,40,41). The summed E-state index contributed by atoms with van der Waals surface area (Å²) in [6, 6.07) is 11.2. The van der Waals surface area contributed by atoms with Crippen LogP contribution >= 0.6 is 0 Å². The van der Waals surface area contributed by atoms with Gasteiger partial charge in [-0.05, 0) is 35.9 Å². The second-order valence-corrected chi connectivity index (χ2v) is 9.33. The van der Waals surface area contributed by atoms with E-state index in [1.54, 1.807) is 6.07 Å². The van der Waals surface area contributed by atoms with Crippen molar-refractivity contribution in [3.8, 4) is 28.2 Å². The zero-order valence-electron chi connectivity index (χ0n) is 22.7. The van der Waals surface area contributed by atoms with Gasteiger partial charge in [0.1, 0.15) is 37.1 Å². The highest BCUT2D eigenvalue weighted by atomic mass is 16.6. The highest BCUT2D eigenvalue weighted by Gasteiger charge is 2.29. The van der Waals surface area contributed by atoms with Crippen molar-refractivity contribution >= 4 is 41.9 Å². The van der Waals surface area contributed by atoms with E-state index in [0.717, 1.165) is 6.07 Å². The molecule has 15 nitrogen and oxygen atoms in total. The number of rotatable bonds is 14. The molecule has 0 fully saturated rings. The molecule has 2 aromatic rings. The summed E-state index contributed by atoms with van der Waals surface area (Å²) in [6.45, 7) is -2.36. The predicted octanol–water partition coefficient (Wildman–Crippen LogP) is 2.60. The fourth-order valence-electron chi connectivity index (χ4n) is 4.75. The number of fused-ring (bicyclic) bond motifs is 2. The first-order valence-electron chi connectivity index (χ1n) is 12.7. The Morgan fingerprint density at radius 2 is 1.52 bits per heavy atom. The fraction of sp³-hybridized carbons (Fsp3) is 0.172. The highest BCUT2D eigenvalue weighted by molar-refractivity contribution is 6.08. The Kier molecular flexibility index (Phi) is 9.40. The van der Waals surface area contributed by atoms with Crippen molar-refractivity contribution in [1.82, 2.24) is 9.80 Å². The summed E-state index contributed by atoms with van der Waals surface area (Å²) in [7, 11) is 0. The Labute approximate surface area is 247 Å². The predicted molar refractivity (Wildman–Crippen MR) is 149 cm³/mol. The molecule has 228 valence electrons. The maximum absolute atomic E-state index is 13.1. The zero-order valence-corrected chi connectivity index (χ0v) is 22.7. The summed E-state index contributed by atoms with van der Waals surface area (Å²) in [5.74, 6) is -3.27. The van der Waals surface area contributed by atoms with E-state index in [2.05, 4.69) is 0 Å². The normalized spacial score (nSPS) is 10.9. The number of hydrogen-bond acceptors (Lipinski definition) is 11. The van der Waals surface area contributed by atoms with Crippen molar-refractivity contribution in [2.45, 2.75) is 13.1 Å². The molecule has 1 amide bonds. The minimum Gasteiger partial charge on any atom is -0.507 e. The third-order valence-electron chi connectivity index (χ3n) is 6.60. The molecule has 1 aliphatic heterocycles. The number of phenols is 1. The van der Waals surface area contributed by atoms with Gasteiger partial charge in [0.25, 0.3) is 12.9 Å². The largest absolute Gasteiger partial charge is 0.507 e. The van der Waals surface area contributed by atoms with Gasteiger partial charge in [-0.25, -0.2) is 14.5 Å². The molecular weight excluding hydrogens is 584 g/mol. The smallest absolute Gasteiger partial charge is 0.408 e. The van der Waals surface area contributed by atoms with Crippen molar-refractivity contribution in [3.63, 3.8) is 0 Å². The minimum absolute atomic E-state index is 0.0466. The summed E-state index contributed by atoms with van der Waals surface area (Å²) in [5.41, 5.74) is -0.448. The lowest BCUT2D eigenvalue weighted by Crippen LogP contribution is -2.35. The van der Waals surface area contributed by atoms with Crippen molar-refractivity contribution in [3.05, 3.63) is 75.4 Å². The Morgan fingerprint density at radius 3 is 2.14 bits per heavy atom. The van der Waals surface area contributed by atoms with Crippen LogP contribution in [0.3, 0.4) is 0 Å². The molecule has 1 aliphatic carbocycles. The quantitative estimate of drug-likeness (QED) is 0.0918. The molecule has 44 heavy (non-hydrogen) atoms. The maximum atomic E-state index is 13.1. The average Bonchev–Trinajstić information content (AvgIpc) is 2.99. The number of amides is 1. The molecule has 0 spiro atoms. The average molecular weight is 609 g/mol. The van der Waals surface area contributed by atoms with Gasteiger partial charge in [-0.1, -0.05) is 18.2 Å². The van der Waals surface area contributed by atoms with E-state index >= 15 is 0 Å². The summed E-state index contributed by atoms with van der Waals surface area (Å²) < 4.78 is 15.8. The van der Waals surface area contributed by atoms with E-state index < -0.39 is 36.6 Å². The Hall–Kier alpha value is -5.96. The topological polar surface area (TPSA) is 221 Å². The van der Waals surface area contributed by atoms with E-state index in [9.17, 15) is 49.2 Å². The molecule has 4 rings (SSSR count). The van der Waals surface area contributed by atoms with Gasteiger partial charge in [-0.3, -0.25) is 24.1 Å². The van der Waals surface area contributed by atoms with Gasteiger partial charge in [0.05, 0.1) is 23.2 Å². The Morgan fingerprint density at radius 1 is 0.841 bits per heavy atom. The first-order chi connectivity index (χ1) is 21.1. The minimum atomic E-state index is -1.62. The number of carboxylic acid groups (broad SMARTS) is 3. The van der Waals surface area contributed by atoms with Crippen molar-refractivity contribution < 1.29 is 58.3 Å². The molecule has 2 aromatic carbocycles. The van der Waals surface area contributed by atoms with Gasteiger partial charge >= 0.3 is 18.0 Å². The van der Waals surface area contributed by atoms with Crippen molar-refractivity contribution in [2.75, 3.05) is 20.0 Å². The van der Waals surface area contributed by atoms with Crippen LogP contribution in [0.5, 0.6) is 5.75 Å². The lowest BCUT2D eigenvalue weighted by atomic mass is 9.88. The lowest BCUT2D eigenvalue weighted by Gasteiger charge is -2.24. The molecule has 15 heteroatoms. The fourth-order valence-corrected chi connectivity index (χ4v) is 4.75. The Balaban J connectivity index is 2.10. The first kappa shape index (κ1) is 31.0. The van der Waals surface area contributed by atoms with Gasteiger partial charge in [0.2, 0.25) is 0 Å². The van der Waals surface area contributed by atoms with Crippen LogP contribution in [-0.4, -0.2) is 81.2 Å². The number of nitrogens with zero attached hydrogens (tertiary/aromatic N) is 2. The third-order valence-corrected chi connectivity index (χ3v) is 6.60. The number of hydrogen-bond donors (Lipinski definition) is 4. The number of carbonyl (C=O) groups is 5. The first-order valence-corrected chi connectivity index (χ1v) is 12.7. The summed E-state index contributed by atoms with van der Waals surface area (Å²) in [6.07, 6.45) is -1.62. The van der Waals surface area contributed by atoms with Crippen molar-refractivity contribution in [1.29, 1.82) is 0 Å². The SMILES string of the molecule is O=COCN(COC=O)Cc1c(O)ccc2c(-c3ccccc3C(=O)O)c3ccc(=O)c(CN(CC(=O)O)C(=O)O)c-3oc12. The van der Waals surface area contributed by atoms with Crippen LogP contribution in [0.15, 0.2) is 57.7 Å². The molecule has 2 aliphatic rings. The monoisotopic (exact) mass is 608 g/mol. The molecule has 4 N–H and O–H groups in total. The van der Waals surface area contributed by atoms with E-state index in [0.29, 0.717) is 4.90 Å². The molecule has 0 bridgehead atoms. The van der Waals surface area contributed by atoms with Crippen LogP contribution in [0.4, 0.5) is 4.79 Å². The summed E-state index contributed by atoms with van der Waals surface area (Å²) in [4.78, 5) is 72.0. The van der Waals surface area contributed by atoms with Gasteiger partial charge in [0, 0.05) is 23.1 Å². The number of benzene rings is 3. The van der Waals surface area contributed by atoms with E-state index in [1.807, 2.05) is 0 Å². The van der Waals surface area contributed by atoms with Crippen LogP contribution in [0.25, 0.3) is 33.4 Å². The van der Waals surface area contributed by atoms with Crippen LogP contribution in [0.1, 0.15) is 21.5 Å². The number of aromatic hydroxyl groups is 1.